The molecule has 0 saturated heterocycles. The van der Waals surface area contributed by atoms with Crippen LogP contribution in [-0.2, 0) is 4.84 Å². The van der Waals surface area contributed by atoms with E-state index in [0.717, 1.165) is 5.70 Å². The predicted octanol–water partition coefficient (Wildman–Crippen LogP) is 0.422. The predicted molar refractivity (Wildman–Crippen MR) is 35.6 cm³/mol. The molecule has 1 atom stereocenters. The van der Waals surface area contributed by atoms with Gasteiger partial charge in [-0.3, -0.25) is 10.3 Å². The zero-order valence-corrected chi connectivity index (χ0v) is 5.85. The molecule has 0 fully saturated rings. The third-order valence-corrected chi connectivity index (χ3v) is 0.691. The van der Waals surface area contributed by atoms with Crippen molar-refractivity contribution in [3.05, 3.63) is 12.3 Å². The summed E-state index contributed by atoms with van der Waals surface area (Å²) in [7, 11) is 0. The fourth-order valence-electron chi connectivity index (χ4n) is 0.238. The van der Waals surface area contributed by atoms with Crippen LogP contribution in [0.1, 0.15) is 13.8 Å². The molecule has 0 saturated carbocycles. The highest BCUT2D eigenvalue weighted by atomic mass is 16.7. The van der Waals surface area contributed by atoms with E-state index in [4.69, 9.17) is 9.94 Å². The highest BCUT2D eigenvalue weighted by Gasteiger charge is 1.96. The van der Waals surface area contributed by atoms with Gasteiger partial charge in [0.15, 0.2) is 0 Å². The van der Waals surface area contributed by atoms with E-state index in [9.17, 15) is 0 Å². The molecule has 2 N–H and O–H groups in total. The summed E-state index contributed by atoms with van der Waals surface area (Å²) in [5.41, 5.74) is 3.27. The molecule has 9 heavy (non-hydrogen) atoms. The molecule has 0 aliphatic rings. The van der Waals surface area contributed by atoms with Crippen molar-refractivity contribution < 1.29 is 9.94 Å². The first-order valence-electron chi connectivity index (χ1n) is 2.85. The lowest BCUT2D eigenvalue weighted by Crippen LogP contribution is -2.22. The summed E-state index contributed by atoms with van der Waals surface area (Å²) in [5.74, 6) is 0. The second-order valence-electron chi connectivity index (χ2n) is 1.99. The minimum absolute atomic E-state index is 0.0142. The van der Waals surface area contributed by atoms with Crippen molar-refractivity contribution in [3.63, 3.8) is 0 Å². The highest BCUT2D eigenvalue weighted by Crippen LogP contribution is 1.86. The van der Waals surface area contributed by atoms with Crippen LogP contribution >= 0.6 is 0 Å². The maximum absolute atomic E-state index is 8.45. The van der Waals surface area contributed by atoms with Gasteiger partial charge in [-0.05, 0) is 13.8 Å². The van der Waals surface area contributed by atoms with Crippen molar-refractivity contribution in [2.24, 2.45) is 0 Å². The van der Waals surface area contributed by atoms with Gasteiger partial charge in [0.2, 0.25) is 0 Å². The lowest BCUT2D eigenvalue weighted by atomic mass is 10.4. The van der Waals surface area contributed by atoms with E-state index in [2.05, 4.69) is 12.1 Å². The van der Waals surface area contributed by atoms with Crippen LogP contribution in [0.5, 0.6) is 0 Å². The van der Waals surface area contributed by atoms with Crippen molar-refractivity contribution in [2.75, 3.05) is 6.61 Å². The monoisotopic (exact) mass is 131 g/mol. The van der Waals surface area contributed by atoms with Gasteiger partial charge in [0, 0.05) is 5.70 Å². The summed E-state index contributed by atoms with van der Waals surface area (Å²) < 4.78 is 0. The molecule has 0 aromatic carbocycles. The third kappa shape index (κ3) is 5.33. The van der Waals surface area contributed by atoms with Gasteiger partial charge in [-0.25, -0.2) is 0 Å². The summed E-state index contributed by atoms with van der Waals surface area (Å²) >= 11 is 0. The van der Waals surface area contributed by atoms with Gasteiger partial charge in [0.05, 0.1) is 6.61 Å². The Balaban J connectivity index is 3.16. The number of hydrogen-bond acceptors (Lipinski definition) is 3. The summed E-state index contributed by atoms with van der Waals surface area (Å²) in [6, 6.07) is 0. The fourth-order valence-corrected chi connectivity index (χ4v) is 0.238. The zero-order valence-electron chi connectivity index (χ0n) is 5.85. The molecule has 0 unspecified atom stereocenters. The molecule has 3 heteroatoms. The van der Waals surface area contributed by atoms with E-state index in [-0.39, 0.29) is 12.7 Å². The summed E-state index contributed by atoms with van der Waals surface area (Å²) in [6.07, 6.45) is -0.179. The van der Waals surface area contributed by atoms with Crippen LogP contribution in [-0.4, -0.2) is 17.8 Å². The van der Waals surface area contributed by atoms with Crippen LogP contribution in [0.15, 0.2) is 12.3 Å². The molecule has 0 amide bonds. The van der Waals surface area contributed by atoms with Crippen LogP contribution < -0.4 is 5.48 Å². The van der Waals surface area contributed by atoms with E-state index < -0.39 is 0 Å². The van der Waals surface area contributed by atoms with Gasteiger partial charge in [-0.15, -0.1) is 0 Å². The van der Waals surface area contributed by atoms with Crippen LogP contribution in [0.4, 0.5) is 0 Å². The smallest absolute Gasteiger partial charge is 0.106 e. The number of hydroxylamine groups is 1. The summed E-state index contributed by atoms with van der Waals surface area (Å²) in [5, 5.41) is 8.45. The lowest BCUT2D eigenvalue weighted by molar-refractivity contribution is -0.0255. The normalized spacial score (nSPS) is 12.8. The van der Waals surface area contributed by atoms with Gasteiger partial charge in [-0.1, -0.05) is 6.58 Å². The second kappa shape index (κ2) is 4.35. The van der Waals surface area contributed by atoms with Crippen molar-refractivity contribution in [2.45, 2.75) is 20.0 Å². The van der Waals surface area contributed by atoms with Crippen molar-refractivity contribution in [1.82, 2.24) is 5.48 Å². The standard InChI is InChI=1S/C6H13NO2/c1-5(2)7-9-6(3)4-8/h6-8H,1,4H2,2-3H3/t6-/m0/s1. The Bertz CT molecular complexity index is 93.1. The first kappa shape index (κ1) is 8.46. The van der Waals surface area contributed by atoms with Gasteiger partial charge in [0.1, 0.15) is 6.10 Å². The number of rotatable bonds is 4. The first-order valence-corrected chi connectivity index (χ1v) is 2.85. The number of aliphatic hydroxyl groups is 1. The number of allylic oxidation sites excluding steroid dienone is 1. The number of nitrogens with one attached hydrogen (secondary N) is 1. The Morgan fingerprint density at radius 3 is 2.78 bits per heavy atom. The Morgan fingerprint density at radius 1 is 1.89 bits per heavy atom. The largest absolute Gasteiger partial charge is 0.394 e. The van der Waals surface area contributed by atoms with Crippen LogP contribution in [0, 0.1) is 0 Å². The lowest BCUT2D eigenvalue weighted by Gasteiger charge is -2.10. The molecule has 0 aliphatic carbocycles. The molecule has 0 aliphatic heterocycles. The van der Waals surface area contributed by atoms with Gasteiger partial charge in [-0.2, -0.15) is 0 Å². The Labute approximate surface area is 55.3 Å². The molecule has 0 spiro atoms. The molecule has 0 heterocycles. The number of hydrogen-bond donors (Lipinski definition) is 2. The Morgan fingerprint density at radius 2 is 2.44 bits per heavy atom. The van der Waals surface area contributed by atoms with Crippen LogP contribution in [0.3, 0.4) is 0 Å². The summed E-state index contributed by atoms with van der Waals surface area (Å²) in [6.45, 7) is 7.10. The molecule has 54 valence electrons. The maximum Gasteiger partial charge on any atom is 0.106 e. The quantitative estimate of drug-likeness (QED) is 0.543. The second-order valence-corrected chi connectivity index (χ2v) is 1.99. The third-order valence-electron chi connectivity index (χ3n) is 0.691. The van der Waals surface area contributed by atoms with Gasteiger partial charge in [0.25, 0.3) is 0 Å². The molecular weight excluding hydrogens is 118 g/mol. The van der Waals surface area contributed by atoms with Crippen LogP contribution in [0.25, 0.3) is 0 Å². The van der Waals surface area contributed by atoms with E-state index in [1.54, 1.807) is 13.8 Å². The molecule has 0 aromatic heterocycles. The van der Waals surface area contributed by atoms with Crippen molar-refractivity contribution >= 4 is 0 Å². The molecule has 0 aromatic rings. The highest BCUT2D eigenvalue weighted by molar-refractivity contribution is 4.79. The Hall–Kier alpha value is -0.540. The van der Waals surface area contributed by atoms with Crippen molar-refractivity contribution in [3.8, 4) is 0 Å². The van der Waals surface area contributed by atoms with E-state index in [0.29, 0.717) is 0 Å². The van der Waals surface area contributed by atoms with Crippen molar-refractivity contribution in [1.29, 1.82) is 0 Å². The van der Waals surface area contributed by atoms with Crippen LogP contribution in [0.2, 0.25) is 0 Å². The van der Waals surface area contributed by atoms with E-state index in [1.807, 2.05) is 0 Å². The zero-order chi connectivity index (χ0) is 7.28. The minimum Gasteiger partial charge on any atom is -0.394 e. The average molecular weight is 131 g/mol. The summed E-state index contributed by atoms with van der Waals surface area (Å²) in [4.78, 5) is 4.85. The molecule has 3 nitrogen and oxygen atoms in total. The van der Waals surface area contributed by atoms with E-state index >= 15 is 0 Å². The maximum atomic E-state index is 8.45. The average Bonchev–Trinajstić information content (AvgIpc) is 1.83. The Kier molecular flexibility index (Phi) is 4.09. The molecular formula is C6H13NO2. The molecule has 0 bridgehead atoms. The first-order chi connectivity index (χ1) is 4.16. The van der Waals surface area contributed by atoms with Gasteiger partial charge >= 0.3 is 0 Å². The molecule has 0 radical (unpaired) electrons. The topological polar surface area (TPSA) is 41.5 Å². The fraction of sp³-hybridized carbons (Fsp3) is 0.667. The SMILES string of the molecule is C=C(C)NO[C@@H](C)CO. The number of aliphatic hydroxyl groups excluding tert-OH is 1. The molecule has 0 rings (SSSR count). The van der Waals surface area contributed by atoms with E-state index in [1.165, 1.54) is 0 Å². The minimum atomic E-state index is -0.179. The van der Waals surface area contributed by atoms with Gasteiger partial charge < -0.3 is 5.11 Å².